The summed E-state index contributed by atoms with van der Waals surface area (Å²) in [5.41, 5.74) is 8.70. The number of ether oxygens (including phenoxy) is 1. The number of hydrogen-bond donors (Lipinski definition) is 1. The molecule has 1 aromatic heterocycles. The molecule has 7 heteroatoms. The van der Waals surface area contributed by atoms with Crippen LogP contribution in [0.25, 0.3) is 0 Å². The lowest BCUT2D eigenvalue weighted by molar-refractivity contribution is -0.123. The zero-order valence-electron chi connectivity index (χ0n) is 30.4. The van der Waals surface area contributed by atoms with Crippen molar-refractivity contribution in [3.8, 4) is 5.88 Å². The van der Waals surface area contributed by atoms with Crippen LogP contribution in [0.15, 0.2) is 79.0 Å². The third kappa shape index (κ3) is 9.50. The molecule has 0 bridgehead atoms. The number of unbranched alkanes of at least 4 members (excludes halogenated alkanes) is 6. The Kier molecular flexibility index (Phi) is 14.1. The van der Waals surface area contributed by atoms with Crippen LogP contribution in [0.3, 0.4) is 0 Å². The number of amides is 1. The van der Waals surface area contributed by atoms with Crippen molar-refractivity contribution < 1.29 is 9.53 Å². The van der Waals surface area contributed by atoms with Gasteiger partial charge in [0.2, 0.25) is 11.8 Å². The summed E-state index contributed by atoms with van der Waals surface area (Å²) in [6, 6.07) is 25.8. The van der Waals surface area contributed by atoms with Gasteiger partial charge in [-0.1, -0.05) is 98.8 Å². The van der Waals surface area contributed by atoms with Crippen LogP contribution in [0.1, 0.15) is 94.7 Å². The van der Waals surface area contributed by atoms with Gasteiger partial charge in [-0.25, -0.2) is 4.98 Å². The molecule has 2 aliphatic rings. The Morgan fingerprint density at radius 3 is 2.02 bits per heavy atom. The van der Waals surface area contributed by atoms with Gasteiger partial charge in [0.1, 0.15) is 5.41 Å². The van der Waals surface area contributed by atoms with Gasteiger partial charge in [0.25, 0.3) is 0 Å². The fourth-order valence-electron chi connectivity index (χ4n) is 8.67. The molecule has 0 saturated carbocycles. The van der Waals surface area contributed by atoms with Gasteiger partial charge in [0.05, 0.1) is 7.11 Å². The maximum Gasteiger partial charge on any atom is 0.232 e. The highest BCUT2D eigenvalue weighted by Crippen LogP contribution is 2.43. The van der Waals surface area contributed by atoms with Crippen molar-refractivity contribution in [2.75, 3.05) is 46.4 Å². The maximum absolute atomic E-state index is 13.4. The lowest BCUT2D eigenvalue weighted by Crippen LogP contribution is -2.49. The summed E-state index contributed by atoms with van der Waals surface area (Å²) in [5.74, 6) is 0.685. The summed E-state index contributed by atoms with van der Waals surface area (Å²) in [7, 11) is 1.71. The van der Waals surface area contributed by atoms with Crippen LogP contribution in [0, 0.1) is 5.92 Å². The Morgan fingerprint density at radius 2 is 1.43 bits per heavy atom. The summed E-state index contributed by atoms with van der Waals surface area (Å²) in [5, 5.41) is 0. The zero-order chi connectivity index (χ0) is 34.5. The minimum atomic E-state index is -0.797. The SMILES string of the molecule is COc1ncccc1CN1CCC(N(CCCCCCCCCN2CC[C@@H](C(C(N)=O)(c3ccccc3)c3ccccc3)C2)C(C)C)CC1. The molecule has 0 unspecified atom stereocenters. The van der Waals surface area contributed by atoms with E-state index in [2.05, 4.69) is 63.9 Å². The van der Waals surface area contributed by atoms with Crippen LogP contribution in [-0.2, 0) is 16.8 Å². The molecule has 5 rings (SSSR count). The van der Waals surface area contributed by atoms with Crippen LogP contribution in [0.2, 0.25) is 0 Å². The minimum Gasteiger partial charge on any atom is -0.481 e. The number of rotatable bonds is 19. The van der Waals surface area contributed by atoms with Crippen LogP contribution in [0.4, 0.5) is 0 Å². The first-order chi connectivity index (χ1) is 23.9. The fraction of sp³-hybridized carbons (Fsp3) is 0.571. The number of carbonyl (C=O) groups is 1. The van der Waals surface area contributed by atoms with E-state index in [1.165, 1.54) is 69.9 Å². The molecule has 49 heavy (non-hydrogen) atoms. The second-order valence-corrected chi connectivity index (χ2v) is 14.7. The molecule has 266 valence electrons. The van der Waals surface area contributed by atoms with Gasteiger partial charge >= 0.3 is 0 Å². The Morgan fingerprint density at radius 1 is 0.837 bits per heavy atom. The number of aromatic nitrogens is 1. The second-order valence-electron chi connectivity index (χ2n) is 14.7. The fourth-order valence-corrected chi connectivity index (χ4v) is 8.67. The van der Waals surface area contributed by atoms with Gasteiger partial charge in [-0.2, -0.15) is 0 Å². The molecule has 0 spiro atoms. The smallest absolute Gasteiger partial charge is 0.232 e. The van der Waals surface area contributed by atoms with E-state index in [1.807, 2.05) is 42.5 Å². The highest BCUT2D eigenvalue weighted by Gasteiger charge is 2.49. The number of nitrogens with two attached hydrogens (primary N) is 1. The molecule has 2 saturated heterocycles. The maximum atomic E-state index is 13.4. The first kappa shape index (κ1) is 37.0. The Labute approximate surface area is 296 Å². The third-order valence-corrected chi connectivity index (χ3v) is 11.2. The van der Waals surface area contributed by atoms with E-state index in [1.54, 1.807) is 13.3 Å². The summed E-state index contributed by atoms with van der Waals surface area (Å²) < 4.78 is 5.48. The number of pyridine rings is 1. The van der Waals surface area contributed by atoms with E-state index in [0.717, 1.165) is 62.7 Å². The average Bonchev–Trinajstić information content (AvgIpc) is 3.59. The molecule has 3 heterocycles. The van der Waals surface area contributed by atoms with E-state index in [0.29, 0.717) is 12.1 Å². The van der Waals surface area contributed by atoms with Crippen LogP contribution >= 0.6 is 0 Å². The minimum absolute atomic E-state index is 0.170. The summed E-state index contributed by atoms with van der Waals surface area (Å²) >= 11 is 0. The van der Waals surface area contributed by atoms with Crippen molar-refractivity contribution in [3.05, 3.63) is 95.7 Å². The van der Waals surface area contributed by atoms with Crippen LogP contribution in [-0.4, -0.2) is 84.1 Å². The number of primary amides is 1. The quantitative estimate of drug-likeness (QED) is 0.135. The van der Waals surface area contributed by atoms with E-state index >= 15 is 0 Å². The molecule has 0 aliphatic carbocycles. The van der Waals surface area contributed by atoms with Gasteiger partial charge in [-0.05, 0) is 102 Å². The van der Waals surface area contributed by atoms with E-state index in [9.17, 15) is 4.79 Å². The highest BCUT2D eigenvalue weighted by molar-refractivity contribution is 5.91. The molecule has 3 aromatic rings. The molecule has 2 aliphatic heterocycles. The molecule has 1 amide bonds. The molecular weight excluding hydrogens is 606 g/mol. The molecule has 7 nitrogen and oxygen atoms in total. The van der Waals surface area contributed by atoms with Gasteiger partial charge < -0.3 is 15.4 Å². The lowest BCUT2D eigenvalue weighted by atomic mass is 9.64. The Hall–Kier alpha value is -3.26. The van der Waals surface area contributed by atoms with Crippen molar-refractivity contribution in [2.45, 2.75) is 102 Å². The molecule has 2 aromatic carbocycles. The number of hydrogen-bond acceptors (Lipinski definition) is 6. The summed E-state index contributed by atoms with van der Waals surface area (Å²) in [4.78, 5) is 25.6. The van der Waals surface area contributed by atoms with Crippen LogP contribution < -0.4 is 10.5 Å². The zero-order valence-corrected chi connectivity index (χ0v) is 30.4. The molecule has 1 atom stereocenters. The van der Waals surface area contributed by atoms with Crippen molar-refractivity contribution in [3.63, 3.8) is 0 Å². The number of nitrogens with zero attached hydrogens (tertiary/aromatic N) is 4. The first-order valence-corrected chi connectivity index (χ1v) is 19.0. The predicted molar refractivity (Wildman–Crippen MR) is 201 cm³/mol. The van der Waals surface area contributed by atoms with Crippen LogP contribution in [0.5, 0.6) is 5.88 Å². The number of piperidine rings is 1. The van der Waals surface area contributed by atoms with Crippen molar-refractivity contribution >= 4 is 5.91 Å². The Balaban J connectivity index is 0.979. The Bertz CT molecular complexity index is 1350. The topological polar surface area (TPSA) is 74.9 Å². The molecule has 2 N–H and O–H groups in total. The number of benzene rings is 2. The monoisotopic (exact) mass is 667 g/mol. The first-order valence-electron chi connectivity index (χ1n) is 19.0. The van der Waals surface area contributed by atoms with Gasteiger partial charge in [-0.3, -0.25) is 14.6 Å². The van der Waals surface area contributed by atoms with Gasteiger partial charge in [-0.15, -0.1) is 0 Å². The number of likely N-dealkylation sites (tertiary alicyclic amines) is 2. The van der Waals surface area contributed by atoms with E-state index in [-0.39, 0.29) is 11.8 Å². The number of methoxy groups -OCH3 is 1. The molecular formula is C42H61N5O2. The average molecular weight is 668 g/mol. The number of carbonyl (C=O) groups excluding carboxylic acids is 1. The van der Waals surface area contributed by atoms with Gasteiger partial charge in [0.15, 0.2) is 0 Å². The molecule has 2 fully saturated rings. The standard InChI is InChI=1S/C42H61N5O2/c1-34(2)47(39-24-30-46(31-25-39)32-35-18-17-26-44-40(35)49-3)28-16-8-6-4-5-7-15-27-45-29-23-38(33-45)42(41(43)48,36-19-11-9-12-20-36)37-21-13-10-14-22-37/h9-14,17-22,26,34,38-39H,4-8,15-16,23-25,27-33H2,1-3H3,(H2,43,48)/t38-/m1/s1. The largest absolute Gasteiger partial charge is 0.481 e. The second kappa shape index (κ2) is 18.7. The summed E-state index contributed by atoms with van der Waals surface area (Å²) in [6.45, 7) is 12.2. The predicted octanol–water partition coefficient (Wildman–Crippen LogP) is 7.29. The van der Waals surface area contributed by atoms with Crippen molar-refractivity contribution in [2.24, 2.45) is 11.7 Å². The lowest BCUT2D eigenvalue weighted by Gasteiger charge is -2.40. The highest BCUT2D eigenvalue weighted by atomic mass is 16.5. The molecule has 0 radical (unpaired) electrons. The van der Waals surface area contributed by atoms with E-state index in [4.69, 9.17) is 10.5 Å². The summed E-state index contributed by atoms with van der Waals surface area (Å²) in [6.07, 6.45) is 14.4. The van der Waals surface area contributed by atoms with Gasteiger partial charge in [0, 0.05) is 36.9 Å². The van der Waals surface area contributed by atoms with E-state index < -0.39 is 5.41 Å². The normalized spacial score (nSPS) is 18.0. The van der Waals surface area contributed by atoms with Crippen molar-refractivity contribution in [1.29, 1.82) is 0 Å². The third-order valence-electron chi connectivity index (χ3n) is 11.2. The van der Waals surface area contributed by atoms with Crippen molar-refractivity contribution in [1.82, 2.24) is 19.7 Å².